The average Bonchev–Trinajstić information content (AvgIpc) is 2.30. The molecule has 0 aliphatic heterocycles. The second-order valence-corrected chi connectivity index (χ2v) is 5.17. The van der Waals surface area contributed by atoms with Crippen molar-refractivity contribution in [1.82, 2.24) is 0 Å². The van der Waals surface area contributed by atoms with E-state index in [0.29, 0.717) is 5.75 Å². The van der Waals surface area contributed by atoms with Crippen molar-refractivity contribution in [3.8, 4) is 5.75 Å². The molecule has 0 fully saturated rings. The van der Waals surface area contributed by atoms with E-state index in [1.807, 2.05) is 6.07 Å². The zero-order valence-corrected chi connectivity index (χ0v) is 11.5. The highest BCUT2D eigenvalue weighted by Gasteiger charge is 2.07. The Morgan fingerprint density at radius 2 is 1.50 bits per heavy atom. The molecule has 2 rings (SSSR count). The zero-order valence-electron chi connectivity index (χ0n) is 11.5. The Morgan fingerprint density at radius 1 is 0.833 bits per heavy atom. The second kappa shape index (κ2) is 4.85. The van der Waals surface area contributed by atoms with Crippen LogP contribution in [-0.4, -0.2) is 5.11 Å². The first kappa shape index (κ1) is 12.7. The summed E-state index contributed by atoms with van der Waals surface area (Å²) in [5, 5.41) is 9.93. The normalized spacial score (nSPS) is 10.7. The summed E-state index contributed by atoms with van der Waals surface area (Å²) in [7, 11) is 0. The van der Waals surface area contributed by atoms with Gasteiger partial charge < -0.3 is 5.11 Å². The highest BCUT2D eigenvalue weighted by Crippen LogP contribution is 2.25. The minimum Gasteiger partial charge on any atom is -0.508 e. The Balaban J connectivity index is 2.43. The molecule has 0 aromatic heterocycles. The first-order chi connectivity index (χ1) is 8.47. The summed E-state index contributed by atoms with van der Waals surface area (Å²) in [4.78, 5) is 0. The summed E-state index contributed by atoms with van der Waals surface area (Å²) in [6, 6.07) is 10.2. The van der Waals surface area contributed by atoms with Crippen LogP contribution >= 0.6 is 0 Å². The van der Waals surface area contributed by atoms with Gasteiger partial charge in [0.05, 0.1) is 0 Å². The molecule has 0 heterocycles. The molecule has 0 unspecified atom stereocenters. The monoisotopic (exact) mass is 240 g/mol. The fourth-order valence-corrected chi connectivity index (χ4v) is 2.37. The highest BCUT2D eigenvalue weighted by molar-refractivity contribution is 5.44. The van der Waals surface area contributed by atoms with Gasteiger partial charge in [0.25, 0.3) is 0 Å². The molecule has 2 aromatic carbocycles. The second-order valence-electron chi connectivity index (χ2n) is 5.17. The van der Waals surface area contributed by atoms with Crippen molar-refractivity contribution in [3.05, 3.63) is 63.7 Å². The van der Waals surface area contributed by atoms with Crippen LogP contribution in [0.3, 0.4) is 0 Å². The predicted octanol–water partition coefficient (Wildman–Crippen LogP) is 4.22. The molecule has 0 amide bonds. The van der Waals surface area contributed by atoms with E-state index in [0.717, 1.165) is 12.0 Å². The van der Waals surface area contributed by atoms with Gasteiger partial charge in [-0.2, -0.15) is 0 Å². The van der Waals surface area contributed by atoms with Crippen LogP contribution in [0, 0.1) is 27.7 Å². The van der Waals surface area contributed by atoms with Gasteiger partial charge in [-0.05, 0) is 56.0 Å². The van der Waals surface area contributed by atoms with E-state index in [2.05, 4.69) is 45.9 Å². The topological polar surface area (TPSA) is 20.2 Å². The lowest BCUT2D eigenvalue weighted by Gasteiger charge is -2.12. The summed E-state index contributed by atoms with van der Waals surface area (Å²) in [5.41, 5.74) is 7.40. The van der Waals surface area contributed by atoms with E-state index >= 15 is 0 Å². The Labute approximate surface area is 109 Å². The molecule has 0 aliphatic carbocycles. The molecule has 0 spiro atoms. The molecular formula is C17H20O. The summed E-state index contributed by atoms with van der Waals surface area (Å²) in [6.45, 7) is 8.46. The van der Waals surface area contributed by atoms with E-state index in [-0.39, 0.29) is 0 Å². The summed E-state index contributed by atoms with van der Waals surface area (Å²) >= 11 is 0. The molecule has 0 saturated carbocycles. The Kier molecular flexibility index (Phi) is 3.42. The van der Waals surface area contributed by atoms with Gasteiger partial charge in [0.15, 0.2) is 0 Å². The van der Waals surface area contributed by atoms with E-state index in [9.17, 15) is 5.11 Å². The lowest BCUT2D eigenvalue weighted by molar-refractivity contribution is 0.469. The fourth-order valence-electron chi connectivity index (χ4n) is 2.37. The first-order valence-electron chi connectivity index (χ1n) is 6.32. The molecule has 0 aliphatic rings. The number of phenols is 1. The molecule has 18 heavy (non-hydrogen) atoms. The van der Waals surface area contributed by atoms with Crippen molar-refractivity contribution >= 4 is 0 Å². The maximum Gasteiger partial charge on any atom is 0.119 e. The first-order valence-corrected chi connectivity index (χ1v) is 6.32. The van der Waals surface area contributed by atoms with Crippen molar-refractivity contribution in [3.63, 3.8) is 0 Å². The van der Waals surface area contributed by atoms with Crippen molar-refractivity contribution in [2.45, 2.75) is 34.1 Å². The Morgan fingerprint density at radius 3 is 2.22 bits per heavy atom. The van der Waals surface area contributed by atoms with Crippen molar-refractivity contribution in [1.29, 1.82) is 0 Å². The molecule has 0 saturated heterocycles. The maximum absolute atomic E-state index is 9.93. The summed E-state index contributed by atoms with van der Waals surface area (Å²) in [6.07, 6.45) is 0.794. The van der Waals surface area contributed by atoms with Crippen LogP contribution in [0.15, 0.2) is 30.3 Å². The smallest absolute Gasteiger partial charge is 0.119 e. The van der Waals surface area contributed by atoms with Crippen molar-refractivity contribution < 1.29 is 5.11 Å². The van der Waals surface area contributed by atoms with Gasteiger partial charge in [-0.1, -0.05) is 35.4 Å². The molecule has 1 nitrogen and oxygen atoms in total. The predicted molar refractivity (Wildman–Crippen MR) is 76.3 cm³/mol. The van der Waals surface area contributed by atoms with E-state index in [1.54, 1.807) is 6.07 Å². The van der Waals surface area contributed by atoms with Gasteiger partial charge in [0.1, 0.15) is 5.75 Å². The third kappa shape index (κ3) is 2.56. The molecule has 0 bridgehead atoms. The number of benzene rings is 2. The summed E-state index contributed by atoms with van der Waals surface area (Å²) in [5.74, 6) is 0.388. The third-order valence-corrected chi connectivity index (χ3v) is 3.54. The largest absolute Gasteiger partial charge is 0.508 e. The fraction of sp³-hybridized carbons (Fsp3) is 0.294. The van der Waals surface area contributed by atoms with E-state index in [4.69, 9.17) is 0 Å². The Bertz CT molecular complexity index is 582. The van der Waals surface area contributed by atoms with Gasteiger partial charge >= 0.3 is 0 Å². The lowest BCUT2D eigenvalue weighted by atomic mass is 9.94. The van der Waals surface area contributed by atoms with Gasteiger partial charge in [-0.3, -0.25) is 0 Å². The molecule has 0 radical (unpaired) electrons. The van der Waals surface area contributed by atoms with Crippen LogP contribution in [0.1, 0.15) is 33.4 Å². The van der Waals surface area contributed by atoms with Crippen LogP contribution in [0.2, 0.25) is 0 Å². The summed E-state index contributed by atoms with van der Waals surface area (Å²) < 4.78 is 0. The molecule has 1 heteroatoms. The van der Waals surface area contributed by atoms with Gasteiger partial charge in [0.2, 0.25) is 0 Å². The Hall–Kier alpha value is -1.76. The standard InChI is InChI=1S/C17H20O/c1-11-5-6-17(18)16(8-11)10-15-9-12(2)7-13(3)14(15)4/h5-9,18H,10H2,1-4H3. The molecule has 1 N–H and O–H groups in total. The molecule has 0 atom stereocenters. The van der Waals surface area contributed by atoms with Gasteiger partial charge in [0, 0.05) is 6.42 Å². The number of rotatable bonds is 2. The minimum absolute atomic E-state index is 0.388. The van der Waals surface area contributed by atoms with Crippen molar-refractivity contribution in [2.24, 2.45) is 0 Å². The zero-order chi connectivity index (χ0) is 13.3. The van der Waals surface area contributed by atoms with Crippen LogP contribution in [0.5, 0.6) is 5.75 Å². The number of phenolic OH excluding ortho intramolecular Hbond substituents is 1. The number of hydrogen-bond acceptors (Lipinski definition) is 1. The SMILES string of the molecule is Cc1ccc(O)c(Cc2cc(C)cc(C)c2C)c1. The quantitative estimate of drug-likeness (QED) is 0.833. The molecular weight excluding hydrogens is 220 g/mol. The van der Waals surface area contributed by atoms with Gasteiger partial charge in [-0.25, -0.2) is 0 Å². The third-order valence-electron chi connectivity index (χ3n) is 3.54. The van der Waals surface area contributed by atoms with Crippen LogP contribution in [0.25, 0.3) is 0 Å². The van der Waals surface area contributed by atoms with Crippen LogP contribution in [0.4, 0.5) is 0 Å². The number of aromatic hydroxyl groups is 1. The van der Waals surface area contributed by atoms with E-state index in [1.165, 1.54) is 27.8 Å². The van der Waals surface area contributed by atoms with Crippen LogP contribution < -0.4 is 0 Å². The number of hydrogen-bond donors (Lipinski definition) is 1. The molecule has 94 valence electrons. The lowest BCUT2D eigenvalue weighted by Crippen LogP contribution is -1.96. The minimum atomic E-state index is 0.388. The van der Waals surface area contributed by atoms with Gasteiger partial charge in [-0.15, -0.1) is 0 Å². The van der Waals surface area contributed by atoms with Crippen LogP contribution in [-0.2, 0) is 6.42 Å². The van der Waals surface area contributed by atoms with Crippen molar-refractivity contribution in [2.75, 3.05) is 0 Å². The molecule has 2 aromatic rings. The maximum atomic E-state index is 9.93. The number of aryl methyl sites for hydroxylation is 3. The highest BCUT2D eigenvalue weighted by atomic mass is 16.3. The average molecular weight is 240 g/mol. The van der Waals surface area contributed by atoms with E-state index < -0.39 is 0 Å².